The molecule has 2 aliphatic carbocycles. The summed E-state index contributed by atoms with van der Waals surface area (Å²) in [5.41, 5.74) is 1.60. The Balaban J connectivity index is 1.49. The van der Waals surface area contributed by atoms with Crippen molar-refractivity contribution in [3.8, 4) is 5.75 Å². The van der Waals surface area contributed by atoms with Crippen molar-refractivity contribution in [2.45, 2.75) is 44.6 Å². The number of ether oxygens (including phenoxy) is 2. The monoisotopic (exact) mass is 329 g/mol. The molecule has 0 bridgehead atoms. The summed E-state index contributed by atoms with van der Waals surface area (Å²) in [5.74, 6) is 0.587. The van der Waals surface area contributed by atoms with Gasteiger partial charge in [-0.1, -0.05) is 6.07 Å². The van der Waals surface area contributed by atoms with Crippen molar-refractivity contribution in [1.29, 1.82) is 0 Å². The van der Waals surface area contributed by atoms with E-state index in [0.717, 1.165) is 24.1 Å². The molecule has 1 amide bonds. The zero-order valence-corrected chi connectivity index (χ0v) is 14.2. The molecule has 1 unspecified atom stereocenters. The van der Waals surface area contributed by atoms with Crippen LogP contribution in [0.2, 0.25) is 0 Å². The number of benzene rings is 1. The highest BCUT2D eigenvalue weighted by Gasteiger charge is 2.58. The molecule has 1 atom stereocenters. The van der Waals surface area contributed by atoms with E-state index in [2.05, 4.69) is 0 Å². The summed E-state index contributed by atoms with van der Waals surface area (Å²) in [4.78, 5) is 26.7. The fourth-order valence-electron chi connectivity index (χ4n) is 3.72. The van der Waals surface area contributed by atoms with Crippen LogP contribution in [0.1, 0.15) is 37.7 Å². The molecule has 0 radical (unpaired) electrons. The summed E-state index contributed by atoms with van der Waals surface area (Å²) >= 11 is 0. The van der Waals surface area contributed by atoms with Crippen LogP contribution in [0.3, 0.4) is 0 Å². The summed E-state index contributed by atoms with van der Waals surface area (Å²) in [6, 6.07) is 5.73. The number of carbonyl (C=O) groups excluding carboxylic acids is 2. The van der Waals surface area contributed by atoms with E-state index in [1.165, 1.54) is 12.8 Å². The van der Waals surface area contributed by atoms with E-state index in [-0.39, 0.29) is 29.8 Å². The number of hydrogen-bond acceptors (Lipinski definition) is 4. The maximum atomic E-state index is 12.5. The van der Waals surface area contributed by atoms with Crippen LogP contribution in [0, 0.1) is 18.8 Å². The van der Waals surface area contributed by atoms with Crippen LogP contribution < -0.4 is 9.64 Å². The van der Waals surface area contributed by atoms with E-state index in [1.807, 2.05) is 25.1 Å². The maximum absolute atomic E-state index is 12.5. The van der Waals surface area contributed by atoms with Gasteiger partial charge in [0.25, 0.3) is 0 Å². The average molecular weight is 329 g/mol. The first-order chi connectivity index (χ1) is 11.5. The third-order valence-electron chi connectivity index (χ3n) is 5.45. The number of aryl methyl sites for hydroxylation is 1. The Morgan fingerprint density at radius 3 is 2.67 bits per heavy atom. The summed E-state index contributed by atoms with van der Waals surface area (Å²) in [7, 11) is 1.59. The topological polar surface area (TPSA) is 55.8 Å². The Kier molecular flexibility index (Phi) is 3.55. The minimum absolute atomic E-state index is 0.0443. The van der Waals surface area contributed by atoms with Gasteiger partial charge in [-0.05, 0) is 56.2 Å². The van der Waals surface area contributed by atoms with Crippen LogP contribution >= 0.6 is 0 Å². The molecule has 1 heterocycles. The van der Waals surface area contributed by atoms with Gasteiger partial charge in [0, 0.05) is 13.0 Å². The molecule has 0 N–H and O–H groups in total. The third-order valence-corrected chi connectivity index (χ3v) is 5.45. The van der Waals surface area contributed by atoms with Gasteiger partial charge in [0.15, 0.2) is 0 Å². The zero-order chi connectivity index (χ0) is 16.9. The minimum Gasteiger partial charge on any atom is -0.495 e. The second kappa shape index (κ2) is 5.50. The Bertz CT molecular complexity index is 691. The van der Waals surface area contributed by atoms with Gasteiger partial charge in [0.05, 0.1) is 18.7 Å². The normalized spacial score (nSPS) is 24.8. The van der Waals surface area contributed by atoms with Gasteiger partial charge in [-0.25, -0.2) is 0 Å². The number of methoxy groups -OCH3 is 1. The molecule has 0 spiro atoms. The second-order valence-corrected chi connectivity index (χ2v) is 7.34. The van der Waals surface area contributed by atoms with Gasteiger partial charge in [-0.2, -0.15) is 0 Å². The number of rotatable bonds is 5. The molecule has 1 aromatic rings. The fourth-order valence-corrected chi connectivity index (χ4v) is 3.72. The maximum Gasteiger partial charge on any atom is 0.311 e. The molecule has 4 rings (SSSR count). The van der Waals surface area contributed by atoms with E-state index in [9.17, 15) is 9.59 Å². The van der Waals surface area contributed by atoms with E-state index in [4.69, 9.17) is 9.47 Å². The van der Waals surface area contributed by atoms with Crippen molar-refractivity contribution in [2.24, 2.45) is 11.8 Å². The highest BCUT2D eigenvalue weighted by atomic mass is 16.6. The zero-order valence-electron chi connectivity index (χ0n) is 14.2. The third kappa shape index (κ3) is 2.66. The average Bonchev–Trinajstić information content (AvgIpc) is 3.46. The largest absolute Gasteiger partial charge is 0.495 e. The molecular formula is C19H23NO4. The number of anilines is 1. The van der Waals surface area contributed by atoms with Crippen LogP contribution in [-0.4, -0.2) is 31.1 Å². The van der Waals surface area contributed by atoms with Crippen LogP contribution in [0.25, 0.3) is 0 Å². The molecule has 1 saturated heterocycles. The molecule has 5 heteroatoms. The lowest BCUT2D eigenvalue weighted by Gasteiger charge is -2.21. The predicted octanol–water partition coefficient (Wildman–Crippen LogP) is 2.84. The lowest BCUT2D eigenvalue weighted by molar-refractivity contribution is -0.157. The molecule has 1 aromatic carbocycles. The summed E-state index contributed by atoms with van der Waals surface area (Å²) in [5, 5.41) is 0. The van der Waals surface area contributed by atoms with E-state index < -0.39 is 0 Å². The molecule has 24 heavy (non-hydrogen) atoms. The Morgan fingerprint density at radius 1 is 1.29 bits per heavy atom. The number of nitrogens with zero attached hydrogens (tertiary/aromatic N) is 1. The number of carbonyl (C=O) groups is 2. The van der Waals surface area contributed by atoms with Gasteiger partial charge < -0.3 is 14.4 Å². The highest BCUT2D eigenvalue weighted by Crippen LogP contribution is 2.56. The van der Waals surface area contributed by atoms with Gasteiger partial charge in [0.1, 0.15) is 11.4 Å². The quantitative estimate of drug-likeness (QED) is 0.780. The molecular weight excluding hydrogens is 306 g/mol. The Labute approximate surface area is 141 Å². The van der Waals surface area contributed by atoms with Crippen LogP contribution in [0.4, 0.5) is 5.69 Å². The summed E-state index contributed by atoms with van der Waals surface area (Å²) in [6.45, 7) is 2.35. The molecule has 2 saturated carbocycles. The van der Waals surface area contributed by atoms with E-state index in [0.29, 0.717) is 18.2 Å². The lowest BCUT2D eigenvalue weighted by Crippen LogP contribution is -2.30. The van der Waals surface area contributed by atoms with Gasteiger partial charge in [0.2, 0.25) is 5.91 Å². The van der Waals surface area contributed by atoms with Crippen LogP contribution in [-0.2, 0) is 14.3 Å². The van der Waals surface area contributed by atoms with E-state index in [1.54, 1.807) is 12.0 Å². The SMILES string of the molecule is COc1ccc(C)cc1N1CC(C(=O)OC2(C3CC3)CC2)CC1=O. The van der Waals surface area contributed by atoms with Gasteiger partial charge >= 0.3 is 5.97 Å². The fraction of sp³-hybridized carbons (Fsp3) is 0.579. The van der Waals surface area contributed by atoms with Crippen molar-refractivity contribution < 1.29 is 19.1 Å². The van der Waals surface area contributed by atoms with E-state index >= 15 is 0 Å². The summed E-state index contributed by atoms with van der Waals surface area (Å²) < 4.78 is 11.2. The minimum atomic E-state index is -0.376. The smallest absolute Gasteiger partial charge is 0.311 e. The molecule has 5 nitrogen and oxygen atoms in total. The molecule has 128 valence electrons. The van der Waals surface area contributed by atoms with Crippen molar-refractivity contribution >= 4 is 17.6 Å². The van der Waals surface area contributed by atoms with Crippen molar-refractivity contribution in [3.05, 3.63) is 23.8 Å². The lowest BCUT2D eigenvalue weighted by atomic mass is 10.1. The number of esters is 1. The Morgan fingerprint density at radius 2 is 2.04 bits per heavy atom. The first kappa shape index (κ1) is 15.5. The summed E-state index contributed by atoms with van der Waals surface area (Å²) in [6.07, 6.45) is 4.53. The Hall–Kier alpha value is -2.04. The highest BCUT2D eigenvalue weighted by molar-refractivity contribution is 6.00. The van der Waals surface area contributed by atoms with Crippen molar-refractivity contribution in [3.63, 3.8) is 0 Å². The number of hydrogen-bond donors (Lipinski definition) is 0. The molecule has 3 fully saturated rings. The molecule has 1 aliphatic heterocycles. The van der Waals surface area contributed by atoms with Gasteiger partial charge in [-0.3, -0.25) is 9.59 Å². The predicted molar refractivity (Wildman–Crippen MR) is 89.0 cm³/mol. The van der Waals surface area contributed by atoms with Crippen LogP contribution in [0.5, 0.6) is 5.75 Å². The van der Waals surface area contributed by atoms with Crippen molar-refractivity contribution in [1.82, 2.24) is 0 Å². The molecule has 0 aromatic heterocycles. The second-order valence-electron chi connectivity index (χ2n) is 7.34. The van der Waals surface area contributed by atoms with Crippen molar-refractivity contribution in [2.75, 3.05) is 18.6 Å². The standard InChI is InChI=1S/C19H23NO4/c1-12-3-6-16(23-2)15(9-12)20-11-13(10-17(20)21)18(22)24-19(7-8-19)14-4-5-14/h3,6,9,13-14H,4-5,7-8,10-11H2,1-2H3. The van der Waals surface area contributed by atoms with Gasteiger partial charge in [-0.15, -0.1) is 0 Å². The van der Waals surface area contributed by atoms with Crippen LogP contribution in [0.15, 0.2) is 18.2 Å². The first-order valence-corrected chi connectivity index (χ1v) is 8.70. The first-order valence-electron chi connectivity index (χ1n) is 8.70. The molecule has 3 aliphatic rings. The number of amides is 1.